The molecular formula is C86H54N10O4. The van der Waals surface area contributed by atoms with E-state index in [1.165, 1.54) is 0 Å². The van der Waals surface area contributed by atoms with Crippen LogP contribution in [0.4, 0.5) is 68.5 Å². The number of fused-ring (bicyclic) bond motifs is 10. The Kier molecular flexibility index (Phi) is 13.8. The van der Waals surface area contributed by atoms with Crippen molar-refractivity contribution in [3.8, 4) is 91.0 Å². The van der Waals surface area contributed by atoms with Gasteiger partial charge in [0.25, 0.3) is 0 Å². The number of ether oxygens (including phenoxy) is 4. The second-order valence-electron chi connectivity index (χ2n) is 24.1. The Morgan fingerprint density at radius 3 is 0.600 bits per heavy atom. The lowest BCUT2D eigenvalue weighted by Crippen LogP contribution is -2.20. The first-order valence-electron chi connectivity index (χ1n) is 32.9. The van der Waals surface area contributed by atoms with Gasteiger partial charge in [0.1, 0.15) is 22.1 Å². The molecule has 4 aliphatic heterocycles. The fourth-order valence-corrected chi connectivity index (χ4v) is 13.7. The van der Waals surface area contributed by atoms with Crippen molar-refractivity contribution >= 4 is 90.6 Å². The summed E-state index contributed by atoms with van der Waals surface area (Å²) in [6, 6.07) is 105. The zero-order valence-electron chi connectivity index (χ0n) is 53.3. The van der Waals surface area contributed by atoms with Crippen molar-refractivity contribution < 1.29 is 18.9 Å². The van der Waals surface area contributed by atoms with E-state index in [9.17, 15) is 0 Å². The average molecular weight is 1290 g/mol. The zero-order chi connectivity index (χ0) is 66.0. The smallest absolute Gasteiger partial charge is 0.166 e. The van der Waals surface area contributed by atoms with Gasteiger partial charge in [-0.1, -0.05) is 218 Å². The first-order chi connectivity index (χ1) is 49.6. The highest BCUT2D eigenvalue weighted by atomic mass is 16.5. The topological polar surface area (TPSA) is 127 Å². The molecule has 0 saturated carbocycles. The maximum Gasteiger partial charge on any atom is 0.166 e. The highest BCUT2D eigenvalue weighted by Gasteiger charge is 2.36. The first kappa shape index (κ1) is 57.5. The molecule has 472 valence electrons. The largest absolute Gasteiger partial charge is 0.453 e. The van der Waals surface area contributed by atoms with Gasteiger partial charge in [-0.3, -0.25) is 19.6 Å². The number of para-hydroxylation sites is 16. The monoisotopic (exact) mass is 1290 g/mol. The second kappa shape index (κ2) is 24.0. The van der Waals surface area contributed by atoms with Crippen molar-refractivity contribution in [2.45, 2.75) is 0 Å². The molecule has 14 nitrogen and oxygen atoms in total. The molecule has 0 atom stereocenters. The number of rotatable bonds is 8. The first-order valence-corrected chi connectivity index (χ1v) is 32.9. The Morgan fingerprint density at radius 2 is 0.370 bits per heavy atom. The lowest BCUT2D eigenvalue weighted by molar-refractivity contribution is 0.476. The van der Waals surface area contributed by atoms with Crippen LogP contribution < -0.4 is 38.5 Å². The molecule has 12 aromatic carbocycles. The SMILES string of the molecule is c1ccc(-c2nc3c(N4c5ccccc5Oc5ccccc54)cnc(N4c5ccccc5Oc5ccccc54)c3nc2-c2ccccc2)cc1.c1ccc(-c2nc3c(N4c5ccccc5Oc5ccccc54)cnc(N4c5ccccc5Oc5ccccc54)c3nc2-c2ccccc2)cc1. The van der Waals surface area contributed by atoms with E-state index in [4.69, 9.17) is 48.9 Å². The summed E-state index contributed by atoms with van der Waals surface area (Å²) in [6.45, 7) is 0. The summed E-state index contributed by atoms with van der Waals surface area (Å²) in [5.41, 5.74) is 18.2. The van der Waals surface area contributed by atoms with Crippen LogP contribution in [0.15, 0.2) is 328 Å². The standard InChI is InChI=1S/2C43H27N5O2/c2*1-3-15-28(16-4-1)39-40(29-17-5-2-6-18-29)46-42-41(45-39)34(47-30-19-7-11-23-35(30)49-36-24-12-8-20-31(36)47)27-44-43(42)48-32-21-9-13-25-37(32)50-38-26-14-10-22-33(38)48/h2*1-27H. The van der Waals surface area contributed by atoms with Crippen LogP contribution in [-0.4, -0.2) is 29.9 Å². The minimum atomic E-state index is 0.645. The molecule has 0 aliphatic carbocycles. The summed E-state index contributed by atoms with van der Waals surface area (Å²) in [4.78, 5) is 41.4. The van der Waals surface area contributed by atoms with Gasteiger partial charge in [0.05, 0.1) is 92.0 Å². The van der Waals surface area contributed by atoms with Crippen LogP contribution >= 0.6 is 0 Å². The molecule has 0 radical (unpaired) electrons. The van der Waals surface area contributed by atoms with Crippen LogP contribution in [0.3, 0.4) is 0 Å². The van der Waals surface area contributed by atoms with Crippen molar-refractivity contribution in [2.24, 2.45) is 0 Å². The van der Waals surface area contributed by atoms with Gasteiger partial charge in [-0.25, -0.2) is 29.9 Å². The van der Waals surface area contributed by atoms with Crippen molar-refractivity contribution in [3.63, 3.8) is 0 Å². The van der Waals surface area contributed by atoms with Crippen molar-refractivity contribution in [1.29, 1.82) is 0 Å². The molecule has 0 N–H and O–H groups in total. The highest BCUT2D eigenvalue weighted by molar-refractivity contribution is 6.08. The molecule has 8 heterocycles. The molecule has 14 heteroatoms. The molecule has 0 spiro atoms. The minimum Gasteiger partial charge on any atom is -0.453 e. The summed E-state index contributed by atoms with van der Waals surface area (Å²) in [7, 11) is 0. The molecule has 0 bridgehead atoms. The highest BCUT2D eigenvalue weighted by Crippen LogP contribution is 2.58. The number of pyridine rings is 2. The summed E-state index contributed by atoms with van der Waals surface area (Å²) in [6.07, 6.45) is 3.81. The molecule has 0 unspecified atom stereocenters. The molecule has 0 saturated heterocycles. The molecule has 16 aromatic rings. The summed E-state index contributed by atoms with van der Waals surface area (Å²) < 4.78 is 25.5. The predicted octanol–water partition coefficient (Wildman–Crippen LogP) is 23.0. The van der Waals surface area contributed by atoms with Crippen molar-refractivity contribution in [2.75, 3.05) is 19.6 Å². The Hall–Kier alpha value is -14.0. The lowest BCUT2D eigenvalue weighted by Gasteiger charge is -2.34. The van der Waals surface area contributed by atoms with Crippen LogP contribution in [0.2, 0.25) is 0 Å². The third kappa shape index (κ3) is 9.73. The zero-order valence-corrected chi connectivity index (χ0v) is 53.3. The molecule has 4 aromatic heterocycles. The quantitative estimate of drug-likeness (QED) is 0.143. The van der Waals surface area contributed by atoms with Gasteiger partial charge in [0.2, 0.25) is 0 Å². The van der Waals surface area contributed by atoms with Crippen LogP contribution in [0, 0.1) is 0 Å². The van der Waals surface area contributed by atoms with Gasteiger partial charge in [-0.05, 0) is 97.1 Å². The van der Waals surface area contributed by atoms with Gasteiger partial charge in [-0.2, -0.15) is 0 Å². The van der Waals surface area contributed by atoms with E-state index in [1.807, 2.05) is 255 Å². The Morgan fingerprint density at radius 1 is 0.180 bits per heavy atom. The number of benzene rings is 12. The van der Waals surface area contributed by atoms with E-state index in [0.717, 1.165) is 148 Å². The summed E-state index contributed by atoms with van der Waals surface area (Å²) in [5.74, 6) is 7.22. The van der Waals surface area contributed by atoms with Gasteiger partial charge in [-0.15, -0.1) is 0 Å². The lowest BCUT2D eigenvalue weighted by atomic mass is 10.0. The number of hydrogen-bond donors (Lipinski definition) is 0. The number of anilines is 12. The molecule has 100 heavy (non-hydrogen) atoms. The normalized spacial score (nSPS) is 12.6. The van der Waals surface area contributed by atoms with Gasteiger partial charge < -0.3 is 18.9 Å². The van der Waals surface area contributed by atoms with Crippen molar-refractivity contribution in [1.82, 2.24) is 29.9 Å². The van der Waals surface area contributed by atoms with E-state index in [0.29, 0.717) is 33.7 Å². The third-order valence-corrected chi connectivity index (χ3v) is 18.1. The van der Waals surface area contributed by atoms with Crippen LogP contribution in [0.1, 0.15) is 0 Å². The van der Waals surface area contributed by atoms with Crippen LogP contribution in [0.25, 0.3) is 67.1 Å². The number of nitrogens with zero attached hydrogens (tertiary/aromatic N) is 10. The maximum absolute atomic E-state index is 6.39. The average Bonchev–Trinajstić information content (AvgIpc) is 0.723. The van der Waals surface area contributed by atoms with Gasteiger partial charge >= 0.3 is 0 Å². The van der Waals surface area contributed by atoms with E-state index in [1.54, 1.807) is 0 Å². The molecular weight excluding hydrogens is 1240 g/mol. The van der Waals surface area contributed by atoms with Crippen molar-refractivity contribution in [3.05, 3.63) is 328 Å². The van der Waals surface area contributed by atoms with Gasteiger partial charge in [0.15, 0.2) is 57.6 Å². The predicted molar refractivity (Wildman–Crippen MR) is 395 cm³/mol. The Labute approximate surface area is 574 Å². The third-order valence-electron chi connectivity index (χ3n) is 18.1. The summed E-state index contributed by atoms with van der Waals surface area (Å²) >= 11 is 0. The summed E-state index contributed by atoms with van der Waals surface area (Å²) in [5, 5.41) is 0. The molecule has 4 aliphatic rings. The van der Waals surface area contributed by atoms with Crippen LogP contribution in [0.5, 0.6) is 46.0 Å². The molecule has 20 rings (SSSR count). The van der Waals surface area contributed by atoms with Gasteiger partial charge in [0, 0.05) is 22.3 Å². The fraction of sp³-hybridized carbons (Fsp3) is 0. The number of hydrogen-bond acceptors (Lipinski definition) is 14. The minimum absolute atomic E-state index is 0.645. The van der Waals surface area contributed by atoms with E-state index < -0.39 is 0 Å². The Balaban J connectivity index is 0.000000139. The number of aromatic nitrogens is 6. The van der Waals surface area contributed by atoms with Crippen LogP contribution in [-0.2, 0) is 0 Å². The second-order valence-corrected chi connectivity index (χ2v) is 24.1. The Bertz CT molecular complexity index is 4970. The maximum atomic E-state index is 6.39. The molecule has 0 fully saturated rings. The molecule has 0 amide bonds. The van der Waals surface area contributed by atoms with E-state index in [2.05, 4.69) is 92.4 Å². The van der Waals surface area contributed by atoms with E-state index in [-0.39, 0.29) is 0 Å². The fourth-order valence-electron chi connectivity index (χ4n) is 13.7. The van der Waals surface area contributed by atoms with E-state index >= 15 is 0 Å².